The molecular formula is C19H18N4O3. The van der Waals surface area contributed by atoms with E-state index in [0.29, 0.717) is 35.8 Å². The lowest BCUT2D eigenvalue weighted by molar-refractivity contribution is 0.0696. The van der Waals surface area contributed by atoms with Gasteiger partial charge in [-0.15, -0.1) is 0 Å². The topological polar surface area (TPSA) is 87.8 Å². The van der Waals surface area contributed by atoms with Crippen LogP contribution in [0.4, 0.5) is 0 Å². The average molecular weight is 350 g/mol. The van der Waals surface area contributed by atoms with Crippen molar-refractivity contribution in [1.82, 2.24) is 19.5 Å². The maximum Gasteiger partial charge on any atom is 0.335 e. The van der Waals surface area contributed by atoms with Crippen LogP contribution in [0.5, 0.6) is 0 Å². The van der Waals surface area contributed by atoms with E-state index in [4.69, 9.17) is 5.11 Å². The van der Waals surface area contributed by atoms with E-state index in [1.165, 1.54) is 0 Å². The summed E-state index contributed by atoms with van der Waals surface area (Å²) in [6.45, 7) is 1.34. The fourth-order valence-corrected chi connectivity index (χ4v) is 3.50. The summed E-state index contributed by atoms with van der Waals surface area (Å²) in [7, 11) is 0. The van der Waals surface area contributed by atoms with E-state index < -0.39 is 5.97 Å². The van der Waals surface area contributed by atoms with E-state index in [2.05, 4.69) is 10.1 Å². The number of nitrogens with zero attached hydrogens (tertiary/aromatic N) is 4. The van der Waals surface area contributed by atoms with Crippen LogP contribution in [0.15, 0.2) is 48.9 Å². The van der Waals surface area contributed by atoms with Crippen LogP contribution < -0.4 is 0 Å². The Balaban J connectivity index is 1.46. The highest BCUT2D eigenvalue weighted by Crippen LogP contribution is 2.23. The number of aromatic carboxylic acids is 1. The van der Waals surface area contributed by atoms with Crippen LogP contribution in [0.25, 0.3) is 5.65 Å². The standard InChI is InChI=1S/C19H18N4O3/c24-18(16-11-21-23-7-2-6-20-17(16)23)22-8-5-14(12-22)9-13-3-1-4-15(10-13)19(25)26/h1-4,6-7,10-11,14H,5,8-9,12H2,(H,25,26)/t14-/m1/s1. The van der Waals surface area contributed by atoms with Crippen molar-refractivity contribution in [2.24, 2.45) is 5.92 Å². The van der Waals surface area contributed by atoms with Gasteiger partial charge in [-0.25, -0.2) is 14.3 Å². The smallest absolute Gasteiger partial charge is 0.335 e. The van der Waals surface area contributed by atoms with Gasteiger partial charge < -0.3 is 10.0 Å². The van der Waals surface area contributed by atoms with E-state index in [0.717, 1.165) is 18.4 Å². The Hall–Kier alpha value is -3.22. The van der Waals surface area contributed by atoms with Gasteiger partial charge in [-0.1, -0.05) is 12.1 Å². The van der Waals surface area contributed by atoms with Crippen molar-refractivity contribution < 1.29 is 14.7 Å². The highest BCUT2D eigenvalue weighted by atomic mass is 16.4. The number of carboxylic acids is 1. The number of carbonyl (C=O) groups is 2. The van der Waals surface area contributed by atoms with Crippen LogP contribution in [0, 0.1) is 5.92 Å². The largest absolute Gasteiger partial charge is 0.478 e. The zero-order valence-corrected chi connectivity index (χ0v) is 14.1. The van der Waals surface area contributed by atoms with Crippen LogP contribution in [0.3, 0.4) is 0 Å². The van der Waals surface area contributed by atoms with Crippen LogP contribution in [-0.4, -0.2) is 49.6 Å². The number of aromatic nitrogens is 3. The SMILES string of the molecule is O=C(O)c1cccc(C[C@H]2CCN(C(=O)c3cnn4cccnc34)C2)c1. The van der Waals surface area contributed by atoms with Crippen molar-refractivity contribution in [3.05, 3.63) is 65.6 Å². The van der Waals surface area contributed by atoms with Gasteiger partial charge in [0, 0.05) is 25.5 Å². The highest BCUT2D eigenvalue weighted by molar-refractivity contribution is 5.99. The first-order chi connectivity index (χ1) is 12.6. The molecule has 0 spiro atoms. The molecule has 0 bridgehead atoms. The monoisotopic (exact) mass is 350 g/mol. The third-order valence-electron chi connectivity index (χ3n) is 4.78. The molecule has 1 N–H and O–H groups in total. The molecule has 1 atom stereocenters. The molecule has 1 aromatic carbocycles. The van der Waals surface area contributed by atoms with Gasteiger partial charge in [0.05, 0.1) is 11.8 Å². The van der Waals surface area contributed by atoms with Crippen molar-refractivity contribution in [3.63, 3.8) is 0 Å². The minimum Gasteiger partial charge on any atom is -0.478 e. The molecule has 1 fully saturated rings. The maximum atomic E-state index is 12.8. The molecule has 0 aliphatic carbocycles. The number of fused-ring (bicyclic) bond motifs is 1. The van der Waals surface area contributed by atoms with Gasteiger partial charge in [-0.3, -0.25) is 4.79 Å². The first kappa shape index (κ1) is 16.3. The number of hydrogen-bond donors (Lipinski definition) is 1. The molecule has 3 heterocycles. The summed E-state index contributed by atoms with van der Waals surface area (Å²) in [5, 5.41) is 13.3. The molecule has 7 nitrogen and oxygen atoms in total. The van der Waals surface area contributed by atoms with Crippen molar-refractivity contribution in [3.8, 4) is 0 Å². The van der Waals surface area contributed by atoms with E-state index in [-0.39, 0.29) is 5.91 Å². The Morgan fingerprint density at radius 3 is 3.00 bits per heavy atom. The minimum absolute atomic E-state index is 0.0551. The lowest BCUT2D eigenvalue weighted by atomic mass is 9.97. The first-order valence-electron chi connectivity index (χ1n) is 8.51. The Morgan fingerprint density at radius 1 is 1.27 bits per heavy atom. The summed E-state index contributed by atoms with van der Waals surface area (Å²) < 4.78 is 1.60. The Bertz CT molecular complexity index is 982. The number of likely N-dealkylation sites (tertiary alicyclic amines) is 1. The van der Waals surface area contributed by atoms with Crippen molar-refractivity contribution >= 4 is 17.5 Å². The molecule has 4 rings (SSSR count). The zero-order chi connectivity index (χ0) is 18.1. The third-order valence-corrected chi connectivity index (χ3v) is 4.78. The Kier molecular flexibility index (Phi) is 4.12. The maximum absolute atomic E-state index is 12.8. The second-order valence-electron chi connectivity index (χ2n) is 6.56. The molecule has 1 saturated heterocycles. The van der Waals surface area contributed by atoms with Gasteiger partial charge in [0.25, 0.3) is 5.91 Å². The predicted molar refractivity (Wildman–Crippen MR) is 94.1 cm³/mol. The summed E-state index contributed by atoms with van der Waals surface area (Å²) in [6, 6.07) is 8.77. The van der Waals surface area contributed by atoms with E-state index in [1.807, 2.05) is 11.0 Å². The van der Waals surface area contributed by atoms with Crippen LogP contribution in [-0.2, 0) is 6.42 Å². The second kappa shape index (κ2) is 6.59. The molecule has 1 aliphatic rings. The first-order valence-corrected chi connectivity index (χ1v) is 8.51. The van der Waals surface area contributed by atoms with Crippen molar-refractivity contribution in [2.45, 2.75) is 12.8 Å². The summed E-state index contributed by atoms with van der Waals surface area (Å²) in [5.74, 6) is -0.658. The average Bonchev–Trinajstić information content (AvgIpc) is 3.28. The fourth-order valence-electron chi connectivity index (χ4n) is 3.50. The molecule has 0 unspecified atom stereocenters. The lowest BCUT2D eigenvalue weighted by Crippen LogP contribution is -2.29. The van der Waals surface area contributed by atoms with Crippen molar-refractivity contribution in [2.75, 3.05) is 13.1 Å². The van der Waals surface area contributed by atoms with Crippen LogP contribution in [0.2, 0.25) is 0 Å². The summed E-state index contributed by atoms with van der Waals surface area (Å²) in [5.41, 5.74) is 2.36. The normalized spacial score (nSPS) is 16.9. The van der Waals surface area contributed by atoms with E-state index >= 15 is 0 Å². The van der Waals surface area contributed by atoms with Gasteiger partial charge >= 0.3 is 5.97 Å². The Labute approximate surface area is 149 Å². The predicted octanol–water partition coefficient (Wildman–Crippen LogP) is 2.13. The highest BCUT2D eigenvalue weighted by Gasteiger charge is 2.29. The second-order valence-corrected chi connectivity index (χ2v) is 6.56. The molecule has 132 valence electrons. The molecule has 26 heavy (non-hydrogen) atoms. The number of carboxylic acid groups (broad SMARTS) is 1. The van der Waals surface area contributed by atoms with E-state index in [1.54, 1.807) is 47.4 Å². The number of hydrogen-bond acceptors (Lipinski definition) is 4. The van der Waals surface area contributed by atoms with Gasteiger partial charge in [-0.05, 0) is 42.5 Å². The molecule has 1 amide bonds. The summed E-state index contributed by atoms with van der Waals surface area (Å²) >= 11 is 0. The minimum atomic E-state index is -0.921. The molecule has 0 radical (unpaired) electrons. The third kappa shape index (κ3) is 3.03. The molecular weight excluding hydrogens is 332 g/mol. The van der Waals surface area contributed by atoms with Gasteiger partial charge in [0.1, 0.15) is 5.56 Å². The van der Waals surface area contributed by atoms with Crippen LogP contribution >= 0.6 is 0 Å². The molecule has 2 aromatic heterocycles. The lowest BCUT2D eigenvalue weighted by Gasteiger charge is -2.16. The quantitative estimate of drug-likeness (QED) is 0.779. The van der Waals surface area contributed by atoms with Crippen molar-refractivity contribution in [1.29, 1.82) is 0 Å². The zero-order valence-electron chi connectivity index (χ0n) is 14.1. The molecule has 7 heteroatoms. The summed E-state index contributed by atoms with van der Waals surface area (Å²) in [4.78, 5) is 30.0. The molecule has 0 saturated carbocycles. The number of carbonyl (C=O) groups excluding carboxylic acids is 1. The van der Waals surface area contributed by atoms with E-state index in [9.17, 15) is 9.59 Å². The summed E-state index contributed by atoms with van der Waals surface area (Å²) in [6.07, 6.45) is 6.64. The molecule has 1 aliphatic heterocycles. The molecule has 3 aromatic rings. The number of amides is 1. The number of benzene rings is 1. The fraction of sp³-hybridized carbons (Fsp3) is 0.263. The van der Waals surface area contributed by atoms with Gasteiger partial charge in [0.2, 0.25) is 0 Å². The van der Waals surface area contributed by atoms with Gasteiger partial charge in [0.15, 0.2) is 5.65 Å². The number of rotatable bonds is 4. The Morgan fingerprint density at radius 2 is 2.15 bits per heavy atom. The van der Waals surface area contributed by atoms with Gasteiger partial charge in [-0.2, -0.15) is 5.10 Å². The van der Waals surface area contributed by atoms with Crippen LogP contribution in [0.1, 0.15) is 32.7 Å².